The maximum Gasteiger partial charge on any atom is 0.0843 e. The van der Waals surface area contributed by atoms with Gasteiger partial charge in [0, 0.05) is 7.05 Å². The van der Waals surface area contributed by atoms with Crippen molar-refractivity contribution in [1.29, 1.82) is 0 Å². The van der Waals surface area contributed by atoms with Gasteiger partial charge in [-0.25, -0.2) is 0 Å². The number of aromatic nitrogens is 4. The summed E-state index contributed by atoms with van der Waals surface area (Å²) in [5.41, 5.74) is 4.39. The fraction of sp³-hybridized carbons (Fsp3) is 0.500. The molecular formula is C12H16Br2N4. The van der Waals surface area contributed by atoms with E-state index in [2.05, 4.69) is 55.9 Å². The summed E-state index contributed by atoms with van der Waals surface area (Å²) in [5.74, 6) is 0. The van der Waals surface area contributed by atoms with Crippen LogP contribution in [0.25, 0.3) is 0 Å². The molecule has 0 unspecified atom stereocenters. The number of halogens is 2. The Hall–Kier alpha value is -0.620. The fourth-order valence-electron chi connectivity index (χ4n) is 1.96. The highest BCUT2D eigenvalue weighted by Crippen LogP contribution is 2.25. The third-order valence-electron chi connectivity index (χ3n) is 3.10. The minimum Gasteiger partial charge on any atom is -0.269 e. The van der Waals surface area contributed by atoms with Crippen molar-refractivity contribution >= 4 is 31.9 Å². The largest absolute Gasteiger partial charge is 0.269 e. The van der Waals surface area contributed by atoms with Crippen LogP contribution in [0.15, 0.2) is 8.95 Å². The van der Waals surface area contributed by atoms with Gasteiger partial charge in [0.2, 0.25) is 0 Å². The van der Waals surface area contributed by atoms with Crippen LogP contribution in [0.5, 0.6) is 0 Å². The molecule has 98 valence electrons. The molecular weight excluding hydrogens is 360 g/mol. The van der Waals surface area contributed by atoms with Gasteiger partial charge >= 0.3 is 0 Å². The van der Waals surface area contributed by atoms with Gasteiger partial charge in [0.15, 0.2) is 0 Å². The Labute approximate surface area is 124 Å². The zero-order valence-electron chi connectivity index (χ0n) is 11.0. The first kappa shape index (κ1) is 13.8. The number of hydrogen-bond donors (Lipinski definition) is 0. The van der Waals surface area contributed by atoms with Crippen molar-refractivity contribution in [3.63, 3.8) is 0 Å². The van der Waals surface area contributed by atoms with E-state index < -0.39 is 0 Å². The van der Waals surface area contributed by atoms with Crippen molar-refractivity contribution < 1.29 is 0 Å². The first-order valence-corrected chi connectivity index (χ1v) is 7.44. The van der Waals surface area contributed by atoms with Gasteiger partial charge in [0.1, 0.15) is 0 Å². The van der Waals surface area contributed by atoms with Crippen molar-refractivity contribution in [1.82, 2.24) is 19.6 Å². The molecule has 0 aliphatic rings. The molecule has 0 bridgehead atoms. The molecule has 2 aromatic rings. The van der Waals surface area contributed by atoms with E-state index in [0.717, 1.165) is 44.7 Å². The van der Waals surface area contributed by atoms with Gasteiger partial charge in [0.25, 0.3) is 0 Å². The lowest BCUT2D eigenvalue weighted by molar-refractivity contribution is 0.601. The lowest BCUT2D eigenvalue weighted by Gasteiger charge is -2.05. The third kappa shape index (κ3) is 2.28. The second kappa shape index (κ2) is 5.17. The van der Waals surface area contributed by atoms with Crippen LogP contribution in [-0.4, -0.2) is 19.6 Å². The number of hydrogen-bond acceptors (Lipinski definition) is 2. The smallest absolute Gasteiger partial charge is 0.0843 e. The zero-order chi connectivity index (χ0) is 13.4. The van der Waals surface area contributed by atoms with E-state index >= 15 is 0 Å². The highest BCUT2D eigenvalue weighted by molar-refractivity contribution is 9.10. The van der Waals surface area contributed by atoms with Gasteiger partial charge in [-0.15, -0.1) is 0 Å². The topological polar surface area (TPSA) is 35.6 Å². The highest BCUT2D eigenvalue weighted by Gasteiger charge is 2.15. The van der Waals surface area contributed by atoms with Gasteiger partial charge in [-0.2, -0.15) is 10.2 Å². The SMILES string of the molecule is CCc1nn(C)c(Cn2nc(C)c(Br)c2C)c1Br. The summed E-state index contributed by atoms with van der Waals surface area (Å²) in [5, 5.41) is 9.03. The standard InChI is InChI=1S/C12H16Br2N4/c1-5-9-12(14)10(17(4)16-9)6-18-8(3)11(13)7(2)15-18/h5-6H2,1-4H3. The molecule has 6 heteroatoms. The van der Waals surface area contributed by atoms with E-state index in [1.54, 1.807) is 0 Å². The molecule has 0 saturated carbocycles. The quantitative estimate of drug-likeness (QED) is 0.824. The summed E-state index contributed by atoms with van der Waals surface area (Å²) in [7, 11) is 1.97. The molecule has 0 spiro atoms. The van der Waals surface area contributed by atoms with Crippen LogP contribution < -0.4 is 0 Å². The Bertz CT molecular complexity index is 583. The van der Waals surface area contributed by atoms with Gasteiger partial charge in [-0.3, -0.25) is 9.36 Å². The van der Waals surface area contributed by atoms with Crippen molar-refractivity contribution in [3.05, 3.63) is 31.7 Å². The molecule has 0 fully saturated rings. The van der Waals surface area contributed by atoms with Crippen molar-refractivity contribution in [2.75, 3.05) is 0 Å². The zero-order valence-corrected chi connectivity index (χ0v) is 14.1. The minimum atomic E-state index is 0.725. The van der Waals surface area contributed by atoms with Crippen LogP contribution in [-0.2, 0) is 20.0 Å². The summed E-state index contributed by atoms with van der Waals surface area (Å²) in [6, 6.07) is 0. The number of nitrogens with zero attached hydrogens (tertiary/aromatic N) is 4. The van der Waals surface area contributed by atoms with Gasteiger partial charge < -0.3 is 0 Å². The van der Waals surface area contributed by atoms with E-state index in [4.69, 9.17) is 0 Å². The summed E-state index contributed by atoms with van der Waals surface area (Å²) >= 11 is 7.19. The Kier molecular flexibility index (Phi) is 3.96. The van der Waals surface area contributed by atoms with Gasteiger partial charge in [-0.05, 0) is 52.1 Å². The molecule has 0 atom stereocenters. The Balaban J connectivity index is 2.40. The normalized spacial score (nSPS) is 11.2. The third-order valence-corrected chi connectivity index (χ3v) is 5.16. The molecule has 0 saturated heterocycles. The van der Waals surface area contributed by atoms with E-state index in [1.807, 2.05) is 23.3 Å². The van der Waals surface area contributed by atoms with Gasteiger partial charge in [0.05, 0.1) is 38.3 Å². The maximum atomic E-state index is 4.53. The Morgan fingerprint density at radius 1 is 1.11 bits per heavy atom. The summed E-state index contributed by atoms with van der Waals surface area (Å²) in [4.78, 5) is 0. The average Bonchev–Trinajstić information content (AvgIpc) is 2.74. The molecule has 0 aliphatic heterocycles. The van der Waals surface area contributed by atoms with E-state index in [-0.39, 0.29) is 0 Å². The number of rotatable bonds is 3. The first-order valence-electron chi connectivity index (χ1n) is 5.85. The highest BCUT2D eigenvalue weighted by atomic mass is 79.9. The number of aryl methyl sites for hydroxylation is 3. The van der Waals surface area contributed by atoms with E-state index in [9.17, 15) is 0 Å². The molecule has 2 aromatic heterocycles. The lowest BCUT2D eigenvalue weighted by Crippen LogP contribution is -2.09. The van der Waals surface area contributed by atoms with Crippen LogP contribution in [0, 0.1) is 13.8 Å². The fourth-order valence-corrected chi connectivity index (χ4v) is 2.99. The van der Waals surface area contributed by atoms with Crippen molar-refractivity contribution in [2.24, 2.45) is 7.05 Å². The van der Waals surface area contributed by atoms with Gasteiger partial charge in [-0.1, -0.05) is 6.92 Å². The molecule has 2 rings (SSSR count). The summed E-state index contributed by atoms with van der Waals surface area (Å²) < 4.78 is 6.10. The predicted octanol–water partition coefficient (Wildman–Crippen LogP) is 3.37. The van der Waals surface area contributed by atoms with Crippen molar-refractivity contribution in [3.8, 4) is 0 Å². The molecule has 18 heavy (non-hydrogen) atoms. The summed E-state index contributed by atoms with van der Waals surface area (Å²) in [6.07, 6.45) is 0.926. The van der Waals surface area contributed by atoms with Crippen LogP contribution in [0.3, 0.4) is 0 Å². The second-order valence-electron chi connectivity index (χ2n) is 4.33. The molecule has 2 heterocycles. The van der Waals surface area contributed by atoms with Crippen LogP contribution in [0.2, 0.25) is 0 Å². The second-order valence-corrected chi connectivity index (χ2v) is 5.91. The lowest BCUT2D eigenvalue weighted by atomic mass is 10.3. The first-order chi connectivity index (χ1) is 8.45. The monoisotopic (exact) mass is 374 g/mol. The predicted molar refractivity (Wildman–Crippen MR) is 78.8 cm³/mol. The molecule has 0 amide bonds. The average molecular weight is 376 g/mol. The molecule has 0 radical (unpaired) electrons. The Morgan fingerprint density at radius 2 is 1.78 bits per heavy atom. The molecule has 0 N–H and O–H groups in total. The molecule has 0 aromatic carbocycles. The summed E-state index contributed by atoms with van der Waals surface area (Å²) in [6.45, 7) is 6.90. The Morgan fingerprint density at radius 3 is 2.22 bits per heavy atom. The van der Waals surface area contributed by atoms with E-state index in [1.165, 1.54) is 0 Å². The van der Waals surface area contributed by atoms with Crippen molar-refractivity contribution in [2.45, 2.75) is 33.7 Å². The van der Waals surface area contributed by atoms with Crippen LogP contribution in [0.4, 0.5) is 0 Å². The minimum absolute atomic E-state index is 0.725. The van der Waals surface area contributed by atoms with Crippen LogP contribution >= 0.6 is 31.9 Å². The maximum absolute atomic E-state index is 4.53. The molecule has 0 aliphatic carbocycles. The molecule has 4 nitrogen and oxygen atoms in total. The van der Waals surface area contributed by atoms with Crippen LogP contribution in [0.1, 0.15) is 29.7 Å². The van der Waals surface area contributed by atoms with E-state index in [0.29, 0.717) is 0 Å².